The van der Waals surface area contributed by atoms with Crippen molar-refractivity contribution in [2.45, 2.75) is 19.9 Å². The van der Waals surface area contributed by atoms with Gasteiger partial charge in [-0.1, -0.05) is 0 Å². The second kappa shape index (κ2) is 7.33. The van der Waals surface area contributed by atoms with Crippen LogP contribution in [-0.2, 0) is 14.3 Å². The molecule has 0 aromatic heterocycles. The number of nitrogens with one attached hydrogen (secondary N) is 1. The Morgan fingerprint density at radius 3 is 2.44 bits per heavy atom. The van der Waals surface area contributed by atoms with Crippen molar-refractivity contribution in [3.05, 3.63) is 0 Å². The highest BCUT2D eigenvalue weighted by Gasteiger charge is 2.20. The number of esters is 1. The van der Waals surface area contributed by atoms with Gasteiger partial charge >= 0.3 is 5.97 Å². The van der Waals surface area contributed by atoms with Crippen LogP contribution in [0.5, 0.6) is 0 Å². The molecule has 1 unspecified atom stereocenters. The van der Waals surface area contributed by atoms with Crippen LogP contribution in [0.25, 0.3) is 0 Å². The van der Waals surface area contributed by atoms with Crippen LogP contribution in [0.3, 0.4) is 0 Å². The standard InChI is InChI=1S/C12H23N3O3/c1-4-18-12(17)10(2)13-9-11(16)15-7-5-14(3)6-8-15/h10,13H,4-9H2,1-3H3. The Morgan fingerprint density at radius 1 is 1.28 bits per heavy atom. The number of carbonyl (C=O) groups excluding carboxylic acids is 2. The first kappa shape index (κ1) is 14.9. The van der Waals surface area contributed by atoms with E-state index in [1.165, 1.54) is 0 Å². The van der Waals surface area contributed by atoms with E-state index in [1.807, 2.05) is 11.9 Å². The number of amides is 1. The van der Waals surface area contributed by atoms with Crippen molar-refractivity contribution in [2.24, 2.45) is 0 Å². The third kappa shape index (κ3) is 4.62. The Hall–Kier alpha value is -1.14. The van der Waals surface area contributed by atoms with Crippen LogP contribution in [0.4, 0.5) is 0 Å². The second-order valence-corrected chi connectivity index (χ2v) is 4.54. The number of rotatable bonds is 5. The lowest BCUT2D eigenvalue weighted by Gasteiger charge is -2.32. The molecular weight excluding hydrogens is 234 g/mol. The average Bonchev–Trinajstić information content (AvgIpc) is 2.36. The van der Waals surface area contributed by atoms with Gasteiger partial charge in [-0.05, 0) is 20.9 Å². The van der Waals surface area contributed by atoms with E-state index in [0.717, 1.165) is 26.2 Å². The number of hydrogen-bond donors (Lipinski definition) is 1. The molecule has 0 aromatic carbocycles. The third-order valence-corrected chi connectivity index (χ3v) is 3.06. The molecule has 1 fully saturated rings. The quantitative estimate of drug-likeness (QED) is 0.660. The molecular formula is C12H23N3O3. The molecule has 1 aliphatic rings. The summed E-state index contributed by atoms with van der Waals surface area (Å²) in [6.07, 6.45) is 0. The van der Waals surface area contributed by atoms with Crippen LogP contribution in [0, 0.1) is 0 Å². The Kier molecular flexibility index (Phi) is 6.07. The van der Waals surface area contributed by atoms with E-state index >= 15 is 0 Å². The van der Waals surface area contributed by atoms with E-state index < -0.39 is 6.04 Å². The Balaban J connectivity index is 2.26. The predicted octanol–water partition coefficient (Wildman–Crippen LogP) is -0.698. The summed E-state index contributed by atoms with van der Waals surface area (Å²) in [7, 11) is 2.04. The fraction of sp³-hybridized carbons (Fsp3) is 0.833. The van der Waals surface area contributed by atoms with Crippen molar-refractivity contribution >= 4 is 11.9 Å². The molecule has 1 aliphatic heterocycles. The SMILES string of the molecule is CCOC(=O)C(C)NCC(=O)N1CCN(C)CC1. The van der Waals surface area contributed by atoms with Crippen molar-refractivity contribution in [1.82, 2.24) is 15.1 Å². The van der Waals surface area contributed by atoms with Crippen molar-refractivity contribution in [3.63, 3.8) is 0 Å². The van der Waals surface area contributed by atoms with Crippen LogP contribution in [-0.4, -0.2) is 74.1 Å². The number of hydrogen-bond acceptors (Lipinski definition) is 5. The largest absolute Gasteiger partial charge is 0.465 e. The molecule has 6 nitrogen and oxygen atoms in total. The number of likely N-dealkylation sites (N-methyl/N-ethyl adjacent to an activating group) is 1. The molecule has 6 heteroatoms. The highest BCUT2D eigenvalue weighted by atomic mass is 16.5. The Bertz CT molecular complexity index is 288. The summed E-state index contributed by atoms with van der Waals surface area (Å²) in [5.74, 6) is -0.275. The van der Waals surface area contributed by atoms with Crippen LogP contribution >= 0.6 is 0 Å². The maximum Gasteiger partial charge on any atom is 0.322 e. The van der Waals surface area contributed by atoms with E-state index in [9.17, 15) is 9.59 Å². The maximum absolute atomic E-state index is 11.9. The van der Waals surface area contributed by atoms with Gasteiger partial charge < -0.3 is 14.5 Å². The number of ether oxygens (including phenoxy) is 1. The van der Waals surface area contributed by atoms with E-state index in [1.54, 1.807) is 13.8 Å². The summed E-state index contributed by atoms with van der Waals surface area (Å²) in [4.78, 5) is 27.3. The normalized spacial score (nSPS) is 18.5. The van der Waals surface area contributed by atoms with Gasteiger partial charge in [-0.2, -0.15) is 0 Å². The highest BCUT2D eigenvalue weighted by Crippen LogP contribution is 1.99. The molecule has 0 radical (unpaired) electrons. The number of piperazine rings is 1. The van der Waals surface area contributed by atoms with Gasteiger partial charge in [0.2, 0.25) is 5.91 Å². The topological polar surface area (TPSA) is 61.9 Å². The Morgan fingerprint density at radius 2 is 1.89 bits per heavy atom. The van der Waals surface area contributed by atoms with Gasteiger partial charge in [0.1, 0.15) is 6.04 Å². The van der Waals surface area contributed by atoms with Crippen molar-refractivity contribution in [2.75, 3.05) is 46.4 Å². The van der Waals surface area contributed by atoms with E-state index in [4.69, 9.17) is 4.74 Å². The molecule has 1 atom stereocenters. The number of carbonyl (C=O) groups is 2. The summed E-state index contributed by atoms with van der Waals surface area (Å²) < 4.78 is 4.86. The van der Waals surface area contributed by atoms with Crippen molar-refractivity contribution in [1.29, 1.82) is 0 Å². The highest BCUT2D eigenvalue weighted by molar-refractivity contribution is 5.80. The first-order valence-electron chi connectivity index (χ1n) is 6.41. The number of nitrogens with zero attached hydrogens (tertiary/aromatic N) is 2. The molecule has 0 spiro atoms. The van der Waals surface area contributed by atoms with Crippen LogP contribution < -0.4 is 5.32 Å². The zero-order valence-corrected chi connectivity index (χ0v) is 11.4. The van der Waals surface area contributed by atoms with E-state index in [0.29, 0.717) is 6.61 Å². The minimum atomic E-state index is -0.443. The molecule has 104 valence electrons. The van der Waals surface area contributed by atoms with Crippen LogP contribution in [0.1, 0.15) is 13.8 Å². The molecule has 1 saturated heterocycles. The summed E-state index contributed by atoms with van der Waals surface area (Å²) in [5.41, 5.74) is 0. The van der Waals surface area contributed by atoms with Crippen molar-refractivity contribution < 1.29 is 14.3 Å². The van der Waals surface area contributed by atoms with Crippen LogP contribution in [0.2, 0.25) is 0 Å². The van der Waals surface area contributed by atoms with Gasteiger partial charge in [0.25, 0.3) is 0 Å². The second-order valence-electron chi connectivity index (χ2n) is 4.54. The van der Waals surface area contributed by atoms with E-state index in [2.05, 4.69) is 10.2 Å². The minimum absolute atomic E-state index is 0.0410. The molecule has 0 aliphatic carbocycles. The summed E-state index contributed by atoms with van der Waals surface area (Å²) in [5, 5.41) is 2.90. The summed E-state index contributed by atoms with van der Waals surface area (Å²) >= 11 is 0. The first-order valence-corrected chi connectivity index (χ1v) is 6.41. The monoisotopic (exact) mass is 257 g/mol. The maximum atomic E-state index is 11.9. The lowest BCUT2D eigenvalue weighted by Crippen LogP contribution is -2.51. The molecule has 18 heavy (non-hydrogen) atoms. The zero-order valence-electron chi connectivity index (χ0n) is 11.4. The van der Waals surface area contributed by atoms with Gasteiger partial charge in [-0.3, -0.25) is 14.9 Å². The van der Waals surface area contributed by atoms with Gasteiger partial charge in [0.15, 0.2) is 0 Å². The molecule has 1 heterocycles. The minimum Gasteiger partial charge on any atom is -0.465 e. The lowest BCUT2D eigenvalue weighted by molar-refractivity contribution is -0.145. The predicted molar refractivity (Wildman–Crippen MR) is 68.2 cm³/mol. The van der Waals surface area contributed by atoms with Gasteiger partial charge in [-0.15, -0.1) is 0 Å². The third-order valence-electron chi connectivity index (χ3n) is 3.06. The smallest absolute Gasteiger partial charge is 0.322 e. The molecule has 0 bridgehead atoms. The molecule has 1 N–H and O–H groups in total. The molecule has 0 saturated carbocycles. The van der Waals surface area contributed by atoms with E-state index in [-0.39, 0.29) is 18.4 Å². The fourth-order valence-electron chi connectivity index (χ4n) is 1.76. The van der Waals surface area contributed by atoms with Gasteiger partial charge in [-0.25, -0.2) is 0 Å². The Labute approximate surface area is 108 Å². The molecule has 1 amide bonds. The summed E-state index contributed by atoms with van der Waals surface area (Å²) in [6, 6.07) is -0.443. The fourth-order valence-corrected chi connectivity index (χ4v) is 1.76. The van der Waals surface area contributed by atoms with Crippen LogP contribution in [0.15, 0.2) is 0 Å². The van der Waals surface area contributed by atoms with Crippen molar-refractivity contribution in [3.8, 4) is 0 Å². The first-order chi connectivity index (χ1) is 8.54. The zero-order chi connectivity index (χ0) is 13.5. The lowest BCUT2D eigenvalue weighted by atomic mass is 10.3. The average molecular weight is 257 g/mol. The van der Waals surface area contributed by atoms with Gasteiger partial charge in [0, 0.05) is 26.2 Å². The van der Waals surface area contributed by atoms with Gasteiger partial charge in [0.05, 0.1) is 13.2 Å². The summed E-state index contributed by atoms with van der Waals surface area (Å²) in [6.45, 7) is 7.32. The molecule has 0 aromatic rings. The molecule has 1 rings (SSSR count).